The number of benzene rings is 1. The molecule has 2 aromatic heterocycles. The molecule has 0 aliphatic carbocycles. The molecule has 3 rings (SSSR count). The Morgan fingerprint density at radius 1 is 0.929 bits per heavy atom. The number of anilines is 3. The normalized spacial score (nSPS) is 11.2. The van der Waals surface area contributed by atoms with Crippen molar-refractivity contribution in [1.29, 1.82) is 0 Å². The van der Waals surface area contributed by atoms with Crippen LogP contribution in [0.5, 0.6) is 0 Å². The molecule has 1 aromatic carbocycles. The molecule has 28 heavy (non-hydrogen) atoms. The van der Waals surface area contributed by atoms with Crippen molar-refractivity contribution in [3.8, 4) is 0 Å². The Labute approximate surface area is 160 Å². The quantitative estimate of drug-likeness (QED) is 0.493. The molecule has 2 heterocycles. The first kappa shape index (κ1) is 19.6. The van der Waals surface area contributed by atoms with Crippen molar-refractivity contribution < 1.29 is 17.2 Å². The van der Waals surface area contributed by atoms with Crippen molar-refractivity contribution >= 4 is 27.3 Å². The van der Waals surface area contributed by atoms with Crippen LogP contribution in [0.3, 0.4) is 0 Å². The van der Waals surface area contributed by atoms with E-state index in [0.717, 1.165) is 17.8 Å². The fourth-order valence-corrected chi connectivity index (χ4v) is 3.29. The maximum Gasteiger partial charge on any atom is 0.240 e. The Bertz CT molecular complexity index is 1010. The summed E-state index contributed by atoms with van der Waals surface area (Å²) in [6.07, 6.45) is 3.30. The molecule has 0 aliphatic rings. The highest BCUT2D eigenvalue weighted by Gasteiger charge is 2.15. The van der Waals surface area contributed by atoms with E-state index in [4.69, 9.17) is 0 Å². The number of nitrogens with one attached hydrogen (secondary N) is 3. The lowest BCUT2D eigenvalue weighted by atomic mass is 10.3. The molecule has 0 amide bonds. The number of hydrogen-bond acceptors (Lipinski definition) is 7. The zero-order valence-corrected chi connectivity index (χ0v) is 15.2. The van der Waals surface area contributed by atoms with Crippen LogP contribution >= 0.6 is 0 Å². The van der Waals surface area contributed by atoms with Gasteiger partial charge in [0.15, 0.2) is 5.82 Å². The second-order valence-electron chi connectivity index (χ2n) is 5.60. The van der Waals surface area contributed by atoms with E-state index >= 15 is 0 Å². The molecule has 0 atom stereocenters. The molecular formula is C17H16F2N6O2S. The van der Waals surface area contributed by atoms with E-state index in [9.17, 15) is 17.2 Å². The second kappa shape index (κ2) is 8.67. The average Bonchev–Trinajstić information content (AvgIpc) is 2.67. The Morgan fingerprint density at radius 2 is 1.64 bits per heavy atom. The minimum absolute atomic E-state index is 0.0160. The van der Waals surface area contributed by atoms with Crippen LogP contribution in [0, 0.1) is 11.6 Å². The van der Waals surface area contributed by atoms with E-state index in [-0.39, 0.29) is 13.1 Å². The van der Waals surface area contributed by atoms with Crippen LogP contribution in [-0.4, -0.2) is 36.7 Å². The standard InChI is InChI=1S/C17H16F2N6O2S/c18-12-8-13(19)10-15(9-12)28(26,27)22-7-6-21-16-3-4-17(25-24-16)23-14-2-1-5-20-11-14/h1-5,8-11,22H,6-7H2,(H,21,24)(H,23,25). The second-order valence-corrected chi connectivity index (χ2v) is 7.37. The molecule has 0 spiro atoms. The molecule has 0 saturated carbocycles. The molecule has 3 N–H and O–H groups in total. The lowest BCUT2D eigenvalue weighted by molar-refractivity contribution is 0.562. The van der Waals surface area contributed by atoms with E-state index in [1.807, 2.05) is 6.07 Å². The summed E-state index contributed by atoms with van der Waals surface area (Å²) in [6.45, 7) is 0.179. The Morgan fingerprint density at radius 3 is 2.29 bits per heavy atom. The number of aromatic nitrogens is 3. The number of rotatable bonds is 8. The van der Waals surface area contributed by atoms with Crippen molar-refractivity contribution in [2.75, 3.05) is 23.7 Å². The summed E-state index contributed by atoms with van der Waals surface area (Å²) in [6, 6.07) is 9.08. The van der Waals surface area contributed by atoms with E-state index in [1.165, 1.54) is 0 Å². The van der Waals surface area contributed by atoms with Gasteiger partial charge in [-0.1, -0.05) is 0 Å². The van der Waals surface area contributed by atoms with Crippen molar-refractivity contribution in [3.63, 3.8) is 0 Å². The minimum atomic E-state index is -4.02. The number of pyridine rings is 1. The lowest BCUT2D eigenvalue weighted by Crippen LogP contribution is -2.29. The van der Waals surface area contributed by atoms with Gasteiger partial charge >= 0.3 is 0 Å². The lowest BCUT2D eigenvalue weighted by Gasteiger charge is -2.09. The molecule has 3 aromatic rings. The number of halogens is 2. The molecule has 8 nitrogen and oxygen atoms in total. The number of nitrogens with zero attached hydrogens (tertiary/aromatic N) is 3. The highest BCUT2D eigenvalue weighted by molar-refractivity contribution is 7.89. The van der Waals surface area contributed by atoms with Crippen molar-refractivity contribution in [1.82, 2.24) is 19.9 Å². The summed E-state index contributed by atoms with van der Waals surface area (Å²) < 4.78 is 52.7. The summed E-state index contributed by atoms with van der Waals surface area (Å²) in [5.41, 5.74) is 0.765. The highest BCUT2D eigenvalue weighted by atomic mass is 32.2. The number of hydrogen-bond donors (Lipinski definition) is 3. The molecule has 11 heteroatoms. The smallest absolute Gasteiger partial charge is 0.240 e. The fourth-order valence-electron chi connectivity index (χ4n) is 2.22. The van der Waals surface area contributed by atoms with E-state index < -0.39 is 26.6 Å². The van der Waals surface area contributed by atoms with Gasteiger partial charge in [-0.15, -0.1) is 10.2 Å². The molecule has 0 fully saturated rings. The van der Waals surface area contributed by atoms with E-state index in [0.29, 0.717) is 17.7 Å². The van der Waals surface area contributed by atoms with Gasteiger partial charge in [-0.2, -0.15) is 0 Å². The van der Waals surface area contributed by atoms with Crippen LogP contribution in [0.4, 0.5) is 26.1 Å². The van der Waals surface area contributed by atoms with Gasteiger partial charge in [0.1, 0.15) is 17.5 Å². The summed E-state index contributed by atoms with van der Waals surface area (Å²) in [7, 11) is -4.02. The predicted octanol–water partition coefficient (Wildman–Crippen LogP) is 2.28. The fraction of sp³-hybridized carbons (Fsp3) is 0.118. The number of sulfonamides is 1. The van der Waals surface area contributed by atoms with Gasteiger partial charge in [-0.3, -0.25) is 4.98 Å². The summed E-state index contributed by atoms with van der Waals surface area (Å²) in [5.74, 6) is -0.970. The van der Waals surface area contributed by atoms with Crippen LogP contribution in [-0.2, 0) is 10.0 Å². The van der Waals surface area contributed by atoms with Crippen LogP contribution in [0.1, 0.15) is 0 Å². The van der Waals surface area contributed by atoms with Crippen LogP contribution < -0.4 is 15.4 Å². The third kappa shape index (κ3) is 5.41. The summed E-state index contributed by atoms with van der Waals surface area (Å²) in [5, 5.41) is 13.9. The summed E-state index contributed by atoms with van der Waals surface area (Å²) >= 11 is 0. The third-order valence-electron chi connectivity index (χ3n) is 3.47. The van der Waals surface area contributed by atoms with Gasteiger partial charge in [0.2, 0.25) is 10.0 Å². The van der Waals surface area contributed by atoms with E-state index in [1.54, 1.807) is 30.6 Å². The largest absolute Gasteiger partial charge is 0.367 e. The van der Waals surface area contributed by atoms with Gasteiger partial charge in [0.05, 0.1) is 16.8 Å². The molecule has 0 radical (unpaired) electrons. The maximum atomic E-state index is 13.2. The van der Waals surface area contributed by atoms with Crippen LogP contribution in [0.25, 0.3) is 0 Å². The molecule has 0 unspecified atom stereocenters. The van der Waals surface area contributed by atoms with Gasteiger partial charge < -0.3 is 10.6 Å². The molecule has 0 bridgehead atoms. The van der Waals surface area contributed by atoms with Gasteiger partial charge in [-0.25, -0.2) is 21.9 Å². The van der Waals surface area contributed by atoms with E-state index in [2.05, 4.69) is 30.5 Å². The Kier molecular flexibility index (Phi) is 6.06. The Hall–Kier alpha value is -3.18. The monoisotopic (exact) mass is 406 g/mol. The molecule has 0 aliphatic heterocycles. The van der Waals surface area contributed by atoms with Gasteiger partial charge in [0.25, 0.3) is 0 Å². The third-order valence-corrected chi connectivity index (χ3v) is 4.91. The predicted molar refractivity (Wildman–Crippen MR) is 99.6 cm³/mol. The molecular weight excluding hydrogens is 390 g/mol. The van der Waals surface area contributed by atoms with Crippen molar-refractivity contribution in [2.45, 2.75) is 4.90 Å². The molecule has 146 valence electrons. The average molecular weight is 406 g/mol. The molecule has 0 saturated heterocycles. The van der Waals surface area contributed by atoms with Gasteiger partial charge in [0, 0.05) is 25.4 Å². The first-order chi connectivity index (χ1) is 13.4. The summed E-state index contributed by atoms with van der Waals surface area (Å²) in [4.78, 5) is 3.50. The first-order valence-electron chi connectivity index (χ1n) is 8.13. The highest BCUT2D eigenvalue weighted by Crippen LogP contribution is 2.14. The van der Waals surface area contributed by atoms with Crippen LogP contribution in [0.2, 0.25) is 0 Å². The first-order valence-corrected chi connectivity index (χ1v) is 9.61. The van der Waals surface area contributed by atoms with Crippen molar-refractivity contribution in [3.05, 3.63) is 66.5 Å². The SMILES string of the molecule is O=S(=O)(NCCNc1ccc(Nc2cccnc2)nn1)c1cc(F)cc(F)c1. The minimum Gasteiger partial charge on any atom is -0.367 e. The van der Waals surface area contributed by atoms with Crippen molar-refractivity contribution in [2.24, 2.45) is 0 Å². The van der Waals surface area contributed by atoms with Gasteiger partial charge in [-0.05, 0) is 36.4 Å². The topological polar surface area (TPSA) is 109 Å². The van der Waals surface area contributed by atoms with Crippen LogP contribution in [0.15, 0.2) is 59.8 Å². The zero-order chi connectivity index (χ0) is 20.0. The maximum absolute atomic E-state index is 13.2. The zero-order valence-electron chi connectivity index (χ0n) is 14.4. The Balaban J connectivity index is 1.49.